The Morgan fingerprint density at radius 2 is 2.03 bits per heavy atom. The number of nitrogens with two attached hydrogens (primary N) is 1. The minimum atomic E-state index is -4.54. The molecule has 0 aliphatic carbocycles. The third kappa shape index (κ3) is 4.81. The monoisotopic (exact) mass is 411 g/mol. The van der Waals surface area contributed by atoms with Gasteiger partial charge in [-0.15, -0.1) is 0 Å². The molecule has 0 bridgehead atoms. The van der Waals surface area contributed by atoms with E-state index in [-0.39, 0.29) is 35.9 Å². The second-order valence-corrected chi connectivity index (χ2v) is 7.38. The van der Waals surface area contributed by atoms with Crippen LogP contribution in [-0.4, -0.2) is 53.3 Å². The van der Waals surface area contributed by atoms with E-state index in [0.29, 0.717) is 30.8 Å². The summed E-state index contributed by atoms with van der Waals surface area (Å²) < 4.78 is 46.0. The fourth-order valence-corrected chi connectivity index (χ4v) is 3.45. The minimum Gasteiger partial charge on any atom is -0.508 e. The highest BCUT2D eigenvalue weighted by molar-refractivity contribution is 5.60. The normalized spacial score (nSPS) is 15.3. The Labute approximate surface area is 166 Å². The van der Waals surface area contributed by atoms with Gasteiger partial charge in [0.2, 0.25) is 0 Å². The molecule has 3 N–H and O–H groups in total. The summed E-state index contributed by atoms with van der Waals surface area (Å²) in [6.07, 6.45) is -4.34. The molecule has 1 aromatic heterocycles. The molecule has 1 aliphatic rings. The molecular weight excluding hydrogens is 387 g/mol. The zero-order valence-electron chi connectivity index (χ0n) is 16.5. The predicted molar refractivity (Wildman–Crippen MR) is 103 cm³/mol. The van der Waals surface area contributed by atoms with Crippen molar-refractivity contribution in [2.45, 2.75) is 32.2 Å². The SMILES string of the molecule is C[C@H](CN(C)C)Oc1nc(N)c2c(n1)CN(c1cc(O)ccc1C(F)(F)F)CC2. The van der Waals surface area contributed by atoms with Crippen LogP contribution in [0.15, 0.2) is 18.2 Å². The molecule has 1 aromatic carbocycles. The number of phenols is 1. The van der Waals surface area contributed by atoms with E-state index in [0.717, 1.165) is 18.2 Å². The number of hydrogen-bond acceptors (Lipinski definition) is 7. The van der Waals surface area contributed by atoms with Gasteiger partial charge in [0.25, 0.3) is 0 Å². The zero-order valence-corrected chi connectivity index (χ0v) is 16.5. The van der Waals surface area contributed by atoms with Crippen LogP contribution in [-0.2, 0) is 19.1 Å². The van der Waals surface area contributed by atoms with Crippen molar-refractivity contribution in [3.8, 4) is 11.8 Å². The van der Waals surface area contributed by atoms with Crippen molar-refractivity contribution in [3.63, 3.8) is 0 Å². The molecule has 2 heterocycles. The van der Waals surface area contributed by atoms with E-state index >= 15 is 0 Å². The van der Waals surface area contributed by atoms with Crippen LogP contribution in [0.5, 0.6) is 11.8 Å². The summed E-state index contributed by atoms with van der Waals surface area (Å²) in [5.41, 5.74) is 6.38. The summed E-state index contributed by atoms with van der Waals surface area (Å²) in [6, 6.07) is 3.13. The number of benzene rings is 1. The highest BCUT2D eigenvalue weighted by Gasteiger charge is 2.36. The van der Waals surface area contributed by atoms with Crippen LogP contribution in [0, 0.1) is 0 Å². The number of halogens is 3. The van der Waals surface area contributed by atoms with Gasteiger partial charge in [-0.3, -0.25) is 0 Å². The average Bonchev–Trinajstić information content (AvgIpc) is 2.59. The van der Waals surface area contributed by atoms with Crippen molar-refractivity contribution in [1.29, 1.82) is 0 Å². The highest BCUT2D eigenvalue weighted by Crippen LogP contribution is 2.40. The summed E-state index contributed by atoms with van der Waals surface area (Å²) in [4.78, 5) is 12.1. The zero-order chi connectivity index (χ0) is 21.3. The quantitative estimate of drug-likeness (QED) is 0.782. The van der Waals surface area contributed by atoms with E-state index in [1.54, 1.807) is 0 Å². The lowest BCUT2D eigenvalue weighted by atomic mass is 10.0. The van der Waals surface area contributed by atoms with Crippen molar-refractivity contribution in [2.75, 3.05) is 37.8 Å². The molecular formula is C19H24F3N5O2. The molecule has 29 heavy (non-hydrogen) atoms. The molecule has 0 spiro atoms. The van der Waals surface area contributed by atoms with E-state index in [9.17, 15) is 18.3 Å². The molecule has 0 radical (unpaired) electrons. The van der Waals surface area contributed by atoms with Crippen molar-refractivity contribution in [3.05, 3.63) is 35.0 Å². The number of likely N-dealkylation sites (N-methyl/N-ethyl adjacent to an activating group) is 1. The highest BCUT2D eigenvalue weighted by atomic mass is 19.4. The lowest BCUT2D eigenvalue weighted by Gasteiger charge is -2.32. The van der Waals surface area contributed by atoms with Crippen LogP contribution < -0.4 is 15.4 Å². The third-order valence-corrected chi connectivity index (χ3v) is 4.63. The first-order valence-corrected chi connectivity index (χ1v) is 9.16. The van der Waals surface area contributed by atoms with Gasteiger partial charge in [0.15, 0.2) is 0 Å². The fourth-order valence-electron chi connectivity index (χ4n) is 3.45. The number of anilines is 2. The van der Waals surface area contributed by atoms with Gasteiger partial charge >= 0.3 is 12.2 Å². The van der Waals surface area contributed by atoms with Crippen molar-refractivity contribution in [2.24, 2.45) is 0 Å². The molecule has 0 unspecified atom stereocenters. The van der Waals surface area contributed by atoms with Crippen molar-refractivity contribution >= 4 is 11.5 Å². The lowest BCUT2D eigenvalue weighted by Crippen LogP contribution is -2.34. The maximum Gasteiger partial charge on any atom is 0.418 e. The predicted octanol–water partition coefficient (Wildman–Crippen LogP) is 2.67. The number of phenolic OH excluding ortho intramolecular Hbond substituents is 1. The molecule has 7 nitrogen and oxygen atoms in total. The smallest absolute Gasteiger partial charge is 0.418 e. The first-order chi connectivity index (χ1) is 13.5. The number of nitrogens with zero attached hydrogens (tertiary/aromatic N) is 4. The molecule has 0 amide bonds. The van der Waals surface area contributed by atoms with Gasteiger partial charge in [0.1, 0.15) is 17.7 Å². The molecule has 10 heteroatoms. The molecule has 2 aromatic rings. The number of nitrogen functional groups attached to an aromatic ring is 1. The topological polar surface area (TPSA) is 87.7 Å². The van der Waals surface area contributed by atoms with Gasteiger partial charge in [-0.05, 0) is 39.6 Å². The van der Waals surface area contributed by atoms with E-state index in [1.165, 1.54) is 4.90 Å². The fraction of sp³-hybridized carbons (Fsp3) is 0.474. The third-order valence-electron chi connectivity index (χ3n) is 4.63. The molecule has 158 valence electrons. The minimum absolute atomic E-state index is 0.0937. The number of ether oxygens (including phenoxy) is 1. The lowest BCUT2D eigenvalue weighted by molar-refractivity contribution is -0.137. The maximum absolute atomic E-state index is 13.4. The number of aromatic hydroxyl groups is 1. The second kappa shape index (κ2) is 7.94. The average molecular weight is 411 g/mol. The summed E-state index contributed by atoms with van der Waals surface area (Å²) in [5, 5.41) is 9.72. The van der Waals surface area contributed by atoms with Crippen LogP contribution in [0.3, 0.4) is 0 Å². The molecule has 0 saturated heterocycles. The maximum atomic E-state index is 13.4. The van der Waals surface area contributed by atoms with Crippen LogP contribution >= 0.6 is 0 Å². The number of aromatic nitrogens is 2. The van der Waals surface area contributed by atoms with Gasteiger partial charge in [-0.25, -0.2) is 0 Å². The number of alkyl halides is 3. The largest absolute Gasteiger partial charge is 0.508 e. The Morgan fingerprint density at radius 1 is 1.31 bits per heavy atom. The number of hydrogen-bond donors (Lipinski definition) is 2. The Bertz CT molecular complexity index is 889. The van der Waals surface area contributed by atoms with E-state index in [2.05, 4.69) is 9.97 Å². The summed E-state index contributed by atoms with van der Waals surface area (Å²) in [7, 11) is 3.82. The molecule has 0 saturated carbocycles. The Morgan fingerprint density at radius 3 is 2.69 bits per heavy atom. The van der Waals surface area contributed by atoms with Crippen molar-refractivity contribution in [1.82, 2.24) is 14.9 Å². The number of rotatable bonds is 5. The Hall–Kier alpha value is -2.75. The van der Waals surface area contributed by atoms with Gasteiger partial charge in [-0.1, -0.05) is 0 Å². The number of fused-ring (bicyclic) bond motifs is 1. The van der Waals surface area contributed by atoms with Crippen LogP contribution in [0.1, 0.15) is 23.7 Å². The van der Waals surface area contributed by atoms with E-state index in [4.69, 9.17) is 10.5 Å². The Balaban J connectivity index is 1.90. The van der Waals surface area contributed by atoms with Crippen molar-refractivity contribution < 1.29 is 23.0 Å². The Kier molecular flexibility index (Phi) is 5.74. The first kappa shape index (κ1) is 21.0. The molecule has 1 atom stereocenters. The molecule has 0 fully saturated rings. The van der Waals surface area contributed by atoms with Gasteiger partial charge in [0.05, 0.1) is 23.5 Å². The summed E-state index contributed by atoms with van der Waals surface area (Å²) in [6.45, 7) is 2.91. The van der Waals surface area contributed by atoms with Crippen LogP contribution in [0.2, 0.25) is 0 Å². The second-order valence-electron chi connectivity index (χ2n) is 7.38. The summed E-state index contributed by atoms with van der Waals surface area (Å²) >= 11 is 0. The van der Waals surface area contributed by atoms with Gasteiger partial charge in [-0.2, -0.15) is 23.1 Å². The summed E-state index contributed by atoms with van der Waals surface area (Å²) in [5.74, 6) is 0.0381. The van der Waals surface area contributed by atoms with Gasteiger partial charge < -0.3 is 25.4 Å². The molecule has 1 aliphatic heterocycles. The van der Waals surface area contributed by atoms with E-state index < -0.39 is 11.7 Å². The first-order valence-electron chi connectivity index (χ1n) is 9.16. The van der Waals surface area contributed by atoms with Crippen LogP contribution in [0.4, 0.5) is 24.7 Å². The van der Waals surface area contributed by atoms with Gasteiger partial charge in [0, 0.05) is 24.7 Å². The standard InChI is InChI=1S/C19H24F3N5O2/c1-11(9-26(2)3)29-18-24-15-10-27(7-6-13(15)17(23)25-18)16-8-12(28)4-5-14(16)19(20,21)22/h4-5,8,11,28H,6-7,9-10H2,1-3H3,(H2,23,24,25)/t11-/m1/s1. The molecule has 3 rings (SSSR count). The van der Waals surface area contributed by atoms with Crippen LogP contribution in [0.25, 0.3) is 0 Å². The van der Waals surface area contributed by atoms with E-state index in [1.807, 2.05) is 25.9 Å².